The number of hydrogen-bond acceptors (Lipinski definition) is 7. The molecule has 12 heteroatoms. The van der Waals surface area contributed by atoms with Crippen molar-refractivity contribution in [3.8, 4) is 0 Å². The van der Waals surface area contributed by atoms with Gasteiger partial charge in [-0.3, -0.25) is 14.4 Å². The topological polar surface area (TPSA) is 103 Å². The van der Waals surface area contributed by atoms with Crippen molar-refractivity contribution in [2.24, 2.45) is 5.92 Å². The zero-order valence-electron chi connectivity index (χ0n) is 29.5. The molecular formula is C36H49BN4O6Si. The molecular weight excluding hydrogens is 623 g/mol. The van der Waals surface area contributed by atoms with Gasteiger partial charge in [-0.1, -0.05) is 50.0 Å². The van der Waals surface area contributed by atoms with E-state index in [1.807, 2.05) is 80.0 Å². The molecule has 1 aliphatic carbocycles. The Morgan fingerprint density at radius 2 is 1.56 bits per heavy atom. The molecule has 3 aliphatic rings. The van der Waals surface area contributed by atoms with Gasteiger partial charge in [-0.05, 0) is 69.7 Å². The lowest BCUT2D eigenvalue weighted by atomic mass is 9.75. The largest absolute Gasteiger partial charge is 0.495 e. The predicted molar refractivity (Wildman–Crippen MR) is 190 cm³/mol. The van der Waals surface area contributed by atoms with E-state index in [-0.39, 0.29) is 30.0 Å². The Bertz CT molecular complexity index is 1740. The number of fused-ring (bicyclic) bond motifs is 1. The summed E-state index contributed by atoms with van der Waals surface area (Å²) in [6.07, 6.45) is 2.34. The summed E-state index contributed by atoms with van der Waals surface area (Å²) in [6.45, 7) is 17.6. The van der Waals surface area contributed by atoms with Crippen molar-refractivity contribution in [1.29, 1.82) is 0 Å². The Balaban J connectivity index is 1.30. The molecule has 3 fully saturated rings. The van der Waals surface area contributed by atoms with Gasteiger partial charge in [-0.25, -0.2) is 4.68 Å². The van der Waals surface area contributed by atoms with Gasteiger partial charge in [0, 0.05) is 64.1 Å². The summed E-state index contributed by atoms with van der Waals surface area (Å²) in [5.74, 6) is 0.262. The Labute approximate surface area is 284 Å². The van der Waals surface area contributed by atoms with Gasteiger partial charge in [-0.2, -0.15) is 5.10 Å². The zero-order chi connectivity index (χ0) is 34.4. The highest BCUT2D eigenvalue weighted by molar-refractivity contribution is 6.76. The summed E-state index contributed by atoms with van der Waals surface area (Å²) in [6, 6.07) is 14.3. The summed E-state index contributed by atoms with van der Waals surface area (Å²) in [7, 11) is -2.00. The molecule has 1 saturated carbocycles. The fourth-order valence-corrected chi connectivity index (χ4v) is 6.97. The quantitative estimate of drug-likeness (QED) is 0.234. The number of nitrogens with zero attached hydrogens (tertiary/aromatic N) is 4. The van der Waals surface area contributed by atoms with E-state index in [4.69, 9.17) is 19.1 Å². The van der Waals surface area contributed by atoms with Crippen molar-refractivity contribution in [2.45, 2.75) is 90.6 Å². The first kappa shape index (κ1) is 34.5. The van der Waals surface area contributed by atoms with Crippen LogP contribution in [0, 0.1) is 5.92 Å². The number of hydrogen-bond donors (Lipinski definition) is 0. The molecule has 0 unspecified atom stereocenters. The first-order chi connectivity index (χ1) is 22.6. The monoisotopic (exact) mass is 672 g/mol. The predicted octanol–water partition coefficient (Wildman–Crippen LogP) is 4.29. The van der Waals surface area contributed by atoms with Crippen molar-refractivity contribution in [2.75, 3.05) is 32.8 Å². The van der Waals surface area contributed by atoms with E-state index < -0.39 is 26.4 Å². The SMILES string of the molecule is CC1(C)OB(c2ccc(Cc3nn(COCC[Si](C)(C)C)c(=O)c4ccccc34)cc2C(=O)N2CCN(C(=O)C3CC3)CC2)OC1(C)C. The van der Waals surface area contributed by atoms with Crippen LogP contribution in [0.4, 0.5) is 0 Å². The number of piperazine rings is 1. The van der Waals surface area contributed by atoms with Gasteiger partial charge in [0.2, 0.25) is 5.91 Å². The van der Waals surface area contributed by atoms with Crippen LogP contribution >= 0.6 is 0 Å². The molecule has 0 atom stereocenters. The van der Waals surface area contributed by atoms with Gasteiger partial charge in [0.1, 0.15) is 6.73 Å². The number of aromatic nitrogens is 2. The molecule has 1 aromatic heterocycles. The third kappa shape index (κ3) is 7.32. The molecule has 256 valence electrons. The average Bonchev–Trinajstić information content (AvgIpc) is 3.86. The molecule has 2 aliphatic heterocycles. The summed E-state index contributed by atoms with van der Waals surface area (Å²) >= 11 is 0. The van der Waals surface area contributed by atoms with E-state index in [1.165, 1.54) is 4.68 Å². The molecule has 2 aromatic carbocycles. The van der Waals surface area contributed by atoms with Crippen molar-refractivity contribution in [3.05, 3.63) is 69.6 Å². The van der Waals surface area contributed by atoms with E-state index in [2.05, 4.69) is 19.6 Å². The minimum absolute atomic E-state index is 0.0843. The van der Waals surface area contributed by atoms with E-state index >= 15 is 0 Å². The van der Waals surface area contributed by atoms with Crippen molar-refractivity contribution in [1.82, 2.24) is 19.6 Å². The lowest BCUT2D eigenvalue weighted by Gasteiger charge is -2.35. The molecule has 0 bridgehead atoms. The second kappa shape index (κ2) is 13.2. The highest BCUT2D eigenvalue weighted by Crippen LogP contribution is 2.37. The average molecular weight is 673 g/mol. The molecule has 0 radical (unpaired) electrons. The Hall–Kier alpha value is -3.32. The summed E-state index contributed by atoms with van der Waals surface area (Å²) < 4.78 is 20.2. The summed E-state index contributed by atoms with van der Waals surface area (Å²) in [5.41, 5.74) is 1.47. The van der Waals surface area contributed by atoms with Crippen molar-refractivity contribution in [3.63, 3.8) is 0 Å². The Kier molecular flexibility index (Phi) is 9.49. The fourth-order valence-electron chi connectivity index (χ4n) is 6.21. The van der Waals surface area contributed by atoms with Crippen molar-refractivity contribution < 1.29 is 23.6 Å². The number of carbonyl (C=O) groups excluding carboxylic acids is 2. The van der Waals surface area contributed by atoms with Gasteiger partial charge in [0.05, 0.1) is 22.3 Å². The molecule has 0 N–H and O–H groups in total. The van der Waals surface area contributed by atoms with Crippen LogP contribution in [-0.2, 0) is 32.0 Å². The maximum Gasteiger partial charge on any atom is 0.495 e. The van der Waals surface area contributed by atoms with E-state index in [1.54, 1.807) is 0 Å². The zero-order valence-corrected chi connectivity index (χ0v) is 30.5. The lowest BCUT2D eigenvalue weighted by molar-refractivity contribution is -0.134. The number of rotatable bonds is 10. The molecule has 48 heavy (non-hydrogen) atoms. The Morgan fingerprint density at radius 1 is 0.938 bits per heavy atom. The molecule has 0 spiro atoms. The molecule has 2 saturated heterocycles. The van der Waals surface area contributed by atoms with Crippen LogP contribution < -0.4 is 11.0 Å². The van der Waals surface area contributed by atoms with Crippen LogP contribution in [0.5, 0.6) is 0 Å². The van der Waals surface area contributed by atoms with Crippen LogP contribution in [0.1, 0.15) is 62.2 Å². The maximum atomic E-state index is 14.3. The van der Waals surface area contributed by atoms with E-state index in [0.29, 0.717) is 55.6 Å². The van der Waals surface area contributed by atoms with Crippen molar-refractivity contribution >= 4 is 43.2 Å². The first-order valence-corrected chi connectivity index (χ1v) is 21.0. The van der Waals surface area contributed by atoms with Crippen LogP contribution in [0.2, 0.25) is 25.7 Å². The third-order valence-electron chi connectivity index (χ3n) is 10.2. The fraction of sp³-hybridized carbons (Fsp3) is 0.556. The number of carbonyl (C=O) groups is 2. The molecule has 6 rings (SSSR count). The standard InChI is InChI=1S/C36H49BN4O6Si/c1-35(2)36(3,4)47-37(46-35)30-15-12-25(22-29(30)33(43)40-18-16-39(17-19-40)32(42)26-13-14-26)23-31-27-10-8-9-11-28(27)34(44)41(38-31)24-45-20-21-48(5,6)7/h8-12,15,22,26H,13-14,16-21,23-24H2,1-7H3. The second-order valence-electron chi connectivity index (χ2n) is 15.7. The second-order valence-corrected chi connectivity index (χ2v) is 21.3. The minimum Gasteiger partial charge on any atom is -0.399 e. The van der Waals surface area contributed by atoms with Gasteiger partial charge < -0.3 is 23.8 Å². The smallest absolute Gasteiger partial charge is 0.399 e. The lowest BCUT2D eigenvalue weighted by Crippen LogP contribution is -2.52. The number of ether oxygens (including phenoxy) is 1. The molecule has 3 heterocycles. The van der Waals surface area contributed by atoms with E-state index in [9.17, 15) is 14.4 Å². The summed E-state index contributed by atoms with van der Waals surface area (Å²) in [5, 5.41) is 6.15. The third-order valence-corrected chi connectivity index (χ3v) is 11.9. The first-order valence-electron chi connectivity index (χ1n) is 17.3. The highest BCUT2D eigenvalue weighted by atomic mass is 28.3. The normalized spacial score (nSPS) is 19.3. The maximum absolute atomic E-state index is 14.3. The van der Waals surface area contributed by atoms with Gasteiger partial charge in [0.25, 0.3) is 11.5 Å². The van der Waals surface area contributed by atoms with Crippen LogP contribution in [-0.4, -0.2) is 90.6 Å². The molecule has 2 amide bonds. The van der Waals surface area contributed by atoms with E-state index in [0.717, 1.165) is 35.5 Å². The van der Waals surface area contributed by atoms with Gasteiger partial charge >= 0.3 is 7.12 Å². The number of benzene rings is 2. The number of amides is 2. The van der Waals surface area contributed by atoms with Gasteiger partial charge in [-0.15, -0.1) is 0 Å². The minimum atomic E-state index is -1.28. The molecule has 10 nitrogen and oxygen atoms in total. The highest BCUT2D eigenvalue weighted by Gasteiger charge is 2.52. The van der Waals surface area contributed by atoms with Crippen LogP contribution in [0.15, 0.2) is 47.3 Å². The molecule has 3 aromatic rings. The Morgan fingerprint density at radius 3 is 2.19 bits per heavy atom. The van der Waals surface area contributed by atoms with Crippen LogP contribution in [0.25, 0.3) is 10.8 Å². The van der Waals surface area contributed by atoms with Crippen LogP contribution in [0.3, 0.4) is 0 Å². The summed E-state index contributed by atoms with van der Waals surface area (Å²) in [4.78, 5) is 44.1. The van der Waals surface area contributed by atoms with Gasteiger partial charge in [0.15, 0.2) is 0 Å².